The first-order chi connectivity index (χ1) is 12.2. The number of rotatable bonds is 7. The largest absolute Gasteiger partial charge is 0.354 e. The molecule has 0 aliphatic heterocycles. The van der Waals surface area contributed by atoms with Crippen molar-refractivity contribution in [2.24, 2.45) is 0 Å². The molecule has 0 atom stereocenters. The van der Waals surface area contributed by atoms with Crippen LogP contribution in [-0.2, 0) is 11.3 Å². The van der Waals surface area contributed by atoms with Crippen molar-refractivity contribution >= 4 is 17.7 Å². The van der Waals surface area contributed by atoms with Gasteiger partial charge in [0.2, 0.25) is 5.91 Å². The van der Waals surface area contributed by atoms with Gasteiger partial charge in [0.05, 0.1) is 17.8 Å². The van der Waals surface area contributed by atoms with E-state index in [1.807, 2.05) is 12.1 Å². The van der Waals surface area contributed by atoms with Gasteiger partial charge in [0.25, 0.3) is 5.56 Å². The van der Waals surface area contributed by atoms with E-state index < -0.39 is 0 Å². The second-order valence-corrected chi connectivity index (χ2v) is 7.20. The molecule has 6 nitrogen and oxygen atoms in total. The summed E-state index contributed by atoms with van der Waals surface area (Å²) in [5.41, 5.74) is 0.869. The lowest BCUT2D eigenvalue weighted by Crippen LogP contribution is -2.32. The Labute approximate surface area is 151 Å². The van der Waals surface area contributed by atoms with Gasteiger partial charge in [-0.25, -0.2) is 4.98 Å². The van der Waals surface area contributed by atoms with Gasteiger partial charge in [0, 0.05) is 42.4 Å². The van der Waals surface area contributed by atoms with Crippen molar-refractivity contribution in [1.82, 2.24) is 19.9 Å². The molecule has 1 saturated carbocycles. The molecule has 3 rings (SSSR count). The van der Waals surface area contributed by atoms with Crippen LogP contribution in [0.1, 0.15) is 37.3 Å². The molecule has 1 fully saturated rings. The topological polar surface area (TPSA) is 76.9 Å². The number of nitrogens with one attached hydrogen (secondary N) is 1. The highest BCUT2D eigenvalue weighted by molar-refractivity contribution is 8.00. The third-order valence-corrected chi connectivity index (χ3v) is 5.38. The molecular weight excluding hydrogens is 336 g/mol. The summed E-state index contributed by atoms with van der Waals surface area (Å²) in [6.45, 7) is 0.850. The molecule has 0 spiro atoms. The number of nitrogens with zero attached hydrogens (tertiary/aromatic N) is 3. The van der Waals surface area contributed by atoms with E-state index in [4.69, 9.17) is 0 Å². The molecule has 0 aromatic carbocycles. The van der Waals surface area contributed by atoms with Gasteiger partial charge in [-0.1, -0.05) is 12.8 Å². The van der Waals surface area contributed by atoms with Crippen LogP contribution in [0.5, 0.6) is 0 Å². The summed E-state index contributed by atoms with van der Waals surface area (Å²) >= 11 is 1.46. The average molecular weight is 358 g/mol. The summed E-state index contributed by atoms with van der Waals surface area (Å²) in [5, 5.41) is 2.84. The predicted octanol–water partition coefficient (Wildman–Crippen LogP) is 2.20. The minimum absolute atomic E-state index is 0.0442. The number of carbonyl (C=O) groups is 1. The molecule has 2 aromatic rings. The fourth-order valence-corrected chi connectivity index (χ4v) is 3.72. The summed E-state index contributed by atoms with van der Waals surface area (Å²) in [7, 11) is 0. The van der Waals surface area contributed by atoms with Gasteiger partial charge in [-0.15, -0.1) is 11.8 Å². The van der Waals surface area contributed by atoms with E-state index in [1.54, 1.807) is 29.4 Å². The molecular formula is C18H22N4O2S. The number of amides is 1. The summed E-state index contributed by atoms with van der Waals surface area (Å²) in [5.74, 6) is 0.732. The molecule has 0 radical (unpaired) electrons. The molecule has 7 heteroatoms. The van der Waals surface area contributed by atoms with Crippen molar-refractivity contribution in [2.45, 2.75) is 43.0 Å². The molecule has 1 aliphatic rings. The number of pyridine rings is 1. The number of hydrogen-bond donors (Lipinski definition) is 1. The van der Waals surface area contributed by atoms with Crippen molar-refractivity contribution in [3.8, 4) is 0 Å². The fraction of sp³-hybridized carbons (Fsp3) is 0.444. The predicted molar refractivity (Wildman–Crippen MR) is 97.7 cm³/mol. The fourth-order valence-electron chi connectivity index (χ4n) is 3.00. The Morgan fingerprint density at radius 1 is 1.28 bits per heavy atom. The van der Waals surface area contributed by atoms with E-state index in [-0.39, 0.29) is 11.5 Å². The lowest BCUT2D eigenvalue weighted by atomic mass is 10.0. The van der Waals surface area contributed by atoms with Crippen molar-refractivity contribution in [3.05, 3.63) is 53.0 Å². The first-order valence-electron chi connectivity index (χ1n) is 8.58. The maximum Gasteiger partial charge on any atom is 0.253 e. The van der Waals surface area contributed by atoms with Gasteiger partial charge in [-0.3, -0.25) is 19.1 Å². The van der Waals surface area contributed by atoms with Crippen LogP contribution in [-0.4, -0.2) is 32.7 Å². The van der Waals surface area contributed by atoms with Crippen LogP contribution in [0.3, 0.4) is 0 Å². The molecule has 0 saturated heterocycles. The van der Waals surface area contributed by atoms with Gasteiger partial charge in [0.1, 0.15) is 0 Å². The zero-order chi connectivity index (χ0) is 17.5. The van der Waals surface area contributed by atoms with Crippen molar-refractivity contribution < 1.29 is 4.79 Å². The Morgan fingerprint density at radius 2 is 2.04 bits per heavy atom. The molecule has 25 heavy (non-hydrogen) atoms. The Kier molecular flexibility index (Phi) is 6.22. The first kappa shape index (κ1) is 17.7. The zero-order valence-electron chi connectivity index (χ0n) is 14.1. The van der Waals surface area contributed by atoms with Crippen molar-refractivity contribution in [1.29, 1.82) is 0 Å². The SMILES string of the molecule is O=C(CSc1ccncc1)NCCn1cnc(C2CCCC2)cc1=O. The van der Waals surface area contributed by atoms with Gasteiger partial charge < -0.3 is 5.32 Å². The highest BCUT2D eigenvalue weighted by atomic mass is 32.2. The zero-order valence-corrected chi connectivity index (χ0v) is 14.9. The Bertz CT molecular complexity index is 757. The third kappa shape index (κ3) is 5.16. The quantitative estimate of drug-likeness (QED) is 0.768. The molecule has 0 bridgehead atoms. The third-order valence-electron chi connectivity index (χ3n) is 4.37. The molecule has 0 unspecified atom stereocenters. The molecule has 1 N–H and O–H groups in total. The summed E-state index contributed by atoms with van der Waals surface area (Å²) < 4.78 is 1.55. The molecule has 1 amide bonds. The Morgan fingerprint density at radius 3 is 2.76 bits per heavy atom. The highest BCUT2D eigenvalue weighted by Crippen LogP contribution is 2.32. The van der Waals surface area contributed by atoms with Crippen molar-refractivity contribution in [2.75, 3.05) is 12.3 Å². The average Bonchev–Trinajstić information content (AvgIpc) is 3.17. The number of aromatic nitrogens is 3. The molecule has 2 heterocycles. The van der Waals surface area contributed by atoms with Gasteiger partial charge in [0.15, 0.2) is 0 Å². The van der Waals surface area contributed by atoms with Crippen LogP contribution in [0.4, 0.5) is 0 Å². The van der Waals surface area contributed by atoms with Crippen LogP contribution in [0.15, 0.2) is 46.6 Å². The normalized spacial score (nSPS) is 14.6. The second-order valence-electron chi connectivity index (χ2n) is 6.15. The number of carbonyl (C=O) groups excluding carboxylic acids is 1. The molecule has 132 valence electrons. The van der Waals surface area contributed by atoms with Gasteiger partial charge in [-0.05, 0) is 25.0 Å². The summed E-state index contributed by atoms with van der Waals surface area (Å²) in [4.78, 5) is 33.4. The van der Waals surface area contributed by atoms with E-state index in [0.717, 1.165) is 23.4 Å². The van der Waals surface area contributed by atoms with E-state index in [9.17, 15) is 9.59 Å². The molecule has 2 aromatic heterocycles. The minimum Gasteiger partial charge on any atom is -0.354 e. The van der Waals surface area contributed by atoms with Crippen LogP contribution in [0.25, 0.3) is 0 Å². The van der Waals surface area contributed by atoms with E-state index in [0.29, 0.717) is 24.8 Å². The second kappa shape index (κ2) is 8.80. The van der Waals surface area contributed by atoms with E-state index >= 15 is 0 Å². The van der Waals surface area contributed by atoms with Gasteiger partial charge in [-0.2, -0.15) is 0 Å². The lowest BCUT2D eigenvalue weighted by Gasteiger charge is -2.11. The maximum atomic E-state index is 12.2. The van der Waals surface area contributed by atoms with Crippen LogP contribution in [0, 0.1) is 0 Å². The first-order valence-corrected chi connectivity index (χ1v) is 9.57. The molecule has 1 aliphatic carbocycles. The van der Waals surface area contributed by atoms with Gasteiger partial charge >= 0.3 is 0 Å². The van der Waals surface area contributed by atoms with E-state index in [2.05, 4.69) is 15.3 Å². The van der Waals surface area contributed by atoms with E-state index in [1.165, 1.54) is 24.6 Å². The summed E-state index contributed by atoms with van der Waals surface area (Å²) in [6.07, 6.45) is 9.71. The summed E-state index contributed by atoms with van der Waals surface area (Å²) in [6, 6.07) is 5.39. The number of hydrogen-bond acceptors (Lipinski definition) is 5. The Balaban J connectivity index is 1.43. The Hall–Kier alpha value is -2.15. The maximum absolute atomic E-state index is 12.2. The minimum atomic E-state index is -0.0506. The highest BCUT2D eigenvalue weighted by Gasteiger charge is 2.18. The van der Waals surface area contributed by atoms with Crippen LogP contribution >= 0.6 is 11.8 Å². The lowest BCUT2D eigenvalue weighted by molar-refractivity contribution is -0.118. The van der Waals surface area contributed by atoms with Crippen LogP contribution in [0.2, 0.25) is 0 Å². The smallest absolute Gasteiger partial charge is 0.253 e. The number of thioether (sulfide) groups is 1. The van der Waals surface area contributed by atoms with Crippen LogP contribution < -0.4 is 10.9 Å². The van der Waals surface area contributed by atoms with Crippen molar-refractivity contribution in [3.63, 3.8) is 0 Å². The monoisotopic (exact) mass is 358 g/mol. The standard InChI is InChI=1S/C18H22N4O2S/c23-17(12-25-15-5-7-19-8-6-15)20-9-10-22-13-21-16(11-18(22)24)14-3-1-2-4-14/h5-8,11,13-14H,1-4,9-10,12H2,(H,20,23).